The fraction of sp³-hybridized carbons (Fsp3) is 0.417. The second-order valence-corrected chi connectivity index (χ2v) is 7.05. The van der Waals surface area contributed by atoms with E-state index in [0.29, 0.717) is 17.8 Å². The molecule has 0 amide bonds. The number of aryl methyl sites for hydroxylation is 2. The number of hydrogen-bond acceptors (Lipinski definition) is 6. The fourth-order valence-electron chi connectivity index (χ4n) is 1.82. The first-order chi connectivity index (χ1) is 9.78. The molecule has 0 bridgehead atoms. The van der Waals surface area contributed by atoms with E-state index >= 15 is 0 Å². The van der Waals surface area contributed by atoms with Gasteiger partial charge >= 0.3 is 0 Å². The van der Waals surface area contributed by atoms with E-state index in [0.717, 1.165) is 22.1 Å². The van der Waals surface area contributed by atoms with Crippen molar-refractivity contribution in [3.63, 3.8) is 0 Å². The van der Waals surface area contributed by atoms with Crippen molar-refractivity contribution in [2.24, 2.45) is 7.05 Å². The lowest BCUT2D eigenvalue weighted by molar-refractivity contribution is 0.323. The minimum absolute atomic E-state index is 0.0442. The molecule has 2 aromatic heterocycles. The van der Waals surface area contributed by atoms with Gasteiger partial charge in [-0.1, -0.05) is 5.21 Å². The van der Waals surface area contributed by atoms with Crippen LogP contribution in [-0.4, -0.2) is 41.3 Å². The molecule has 2 rings (SSSR count). The molecule has 0 unspecified atom stereocenters. The largest absolute Gasteiger partial charge is 0.270 e. The van der Waals surface area contributed by atoms with Gasteiger partial charge in [-0.05, 0) is 35.0 Å². The van der Waals surface area contributed by atoms with Crippen molar-refractivity contribution in [1.82, 2.24) is 20.0 Å². The van der Waals surface area contributed by atoms with Crippen LogP contribution in [-0.2, 0) is 27.8 Å². The van der Waals surface area contributed by atoms with Gasteiger partial charge in [-0.3, -0.25) is 13.8 Å². The molecule has 21 heavy (non-hydrogen) atoms. The summed E-state index contributed by atoms with van der Waals surface area (Å²) in [5.41, 5.74) is 2.94. The molecular weight excluding hydrogens is 360 g/mol. The van der Waals surface area contributed by atoms with E-state index in [1.807, 2.05) is 19.1 Å². The average Bonchev–Trinajstić information content (AvgIpc) is 2.73. The van der Waals surface area contributed by atoms with E-state index in [2.05, 4.69) is 31.2 Å². The van der Waals surface area contributed by atoms with E-state index in [4.69, 9.17) is 4.18 Å². The first-order valence-corrected chi connectivity index (χ1v) is 8.75. The zero-order valence-electron chi connectivity index (χ0n) is 11.9. The zero-order valence-corrected chi connectivity index (χ0v) is 14.3. The molecule has 7 nitrogen and oxygen atoms in total. The quantitative estimate of drug-likeness (QED) is 0.736. The van der Waals surface area contributed by atoms with Gasteiger partial charge < -0.3 is 0 Å². The summed E-state index contributed by atoms with van der Waals surface area (Å²) in [6.45, 7) is 1.93. The maximum absolute atomic E-state index is 11.0. The fourth-order valence-corrected chi connectivity index (χ4v) is 2.43. The zero-order chi connectivity index (χ0) is 15.6. The van der Waals surface area contributed by atoms with E-state index in [-0.39, 0.29) is 6.61 Å². The predicted octanol–water partition coefficient (Wildman–Crippen LogP) is 1.47. The normalized spacial score (nSPS) is 11.8. The van der Waals surface area contributed by atoms with Crippen molar-refractivity contribution < 1.29 is 12.6 Å². The minimum Gasteiger partial charge on any atom is -0.270 e. The van der Waals surface area contributed by atoms with Crippen LogP contribution in [0.3, 0.4) is 0 Å². The minimum atomic E-state index is -3.45. The second kappa shape index (κ2) is 6.20. The Morgan fingerprint density at radius 1 is 1.38 bits per heavy atom. The predicted molar refractivity (Wildman–Crippen MR) is 81.2 cm³/mol. The Labute approximate surface area is 131 Å². The molecule has 2 heterocycles. The lowest BCUT2D eigenvalue weighted by Gasteiger charge is -2.05. The van der Waals surface area contributed by atoms with Crippen molar-refractivity contribution in [1.29, 1.82) is 0 Å². The van der Waals surface area contributed by atoms with Gasteiger partial charge in [0.25, 0.3) is 10.1 Å². The monoisotopic (exact) mass is 374 g/mol. The van der Waals surface area contributed by atoms with Crippen LogP contribution in [0.5, 0.6) is 0 Å². The van der Waals surface area contributed by atoms with Crippen molar-refractivity contribution in [3.8, 4) is 11.4 Å². The molecule has 0 aliphatic heterocycles. The van der Waals surface area contributed by atoms with Gasteiger partial charge in [-0.15, -0.1) is 5.10 Å². The Bertz CT molecular complexity index is 758. The van der Waals surface area contributed by atoms with Gasteiger partial charge in [0.1, 0.15) is 5.69 Å². The van der Waals surface area contributed by atoms with Crippen LogP contribution >= 0.6 is 15.9 Å². The first kappa shape index (κ1) is 16.1. The van der Waals surface area contributed by atoms with Gasteiger partial charge in [0, 0.05) is 17.9 Å². The molecule has 0 atom stereocenters. The van der Waals surface area contributed by atoms with Crippen LogP contribution < -0.4 is 0 Å². The van der Waals surface area contributed by atoms with Crippen LogP contribution in [0, 0.1) is 6.92 Å². The molecule has 0 saturated heterocycles. The molecule has 0 spiro atoms. The first-order valence-electron chi connectivity index (χ1n) is 6.14. The summed E-state index contributed by atoms with van der Waals surface area (Å²) < 4.78 is 29.3. The summed E-state index contributed by atoms with van der Waals surface area (Å²) in [4.78, 5) is 4.45. The molecule has 114 valence electrons. The molecule has 0 aromatic carbocycles. The van der Waals surface area contributed by atoms with Crippen LogP contribution in [0.2, 0.25) is 0 Å². The lowest BCUT2D eigenvalue weighted by atomic mass is 10.2. The Hall–Kier alpha value is -1.32. The van der Waals surface area contributed by atoms with Gasteiger partial charge in [0.15, 0.2) is 0 Å². The van der Waals surface area contributed by atoms with E-state index < -0.39 is 10.1 Å². The Morgan fingerprint density at radius 3 is 2.71 bits per heavy atom. The molecule has 0 aliphatic rings. The van der Waals surface area contributed by atoms with E-state index in [9.17, 15) is 8.42 Å². The third-order valence-electron chi connectivity index (χ3n) is 2.84. The molecule has 2 aromatic rings. The van der Waals surface area contributed by atoms with Gasteiger partial charge in [-0.25, -0.2) is 0 Å². The maximum atomic E-state index is 11.0. The molecule has 0 saturated carbocycles. The average molecular weight is 375 g/mol. The molecular formula is C12H15BrN4O3S. The lowest BCUT2D eigenvalue weighted by Crippen LogP contribution is -2.09. The number of pyridine rings is 1. The van der Waals surface area contributed by atoms with E-state index in [1.54, 1.807) is 11.7 Å². The smallest absolute Gasteiger partial charge is 0.264 e. The highest BCUT2D eigenvalue weighted by Crippen LogP contribution is 2.23. The molecule has 0 radical (unpaired) electrons. The summed E-state index contributed by atoms with van der Waals surface area (Å²) in [5.74, 6) is 0. The van der Waals surface area contributed by atoms with Crippen molar-refractivity contribution in [3.05, 3.63) is 28.0 Å². The number of halogens is 1. The van der Waals surface area contributed by atoms with Gasteiger partial charge in [-0.2, -0.15) is 8.42 Å². The van der Waals surface area contributed by atoms with Crippen molar-refractivity contribution in [2.75, 3.05) is 12.9 Å². The highest BCUT2D eigenvalue weighted by molar-refractivity contribution is 9.10. The van der Waals surface area contributed by atoms with Crippen molar-refractivity contribution >= 4 is 26.0 Å². The Kier molecular flexibility index (Phi) is 4.74. The Morgan fingerprint density at radius 2 is 2.10 bits per heavy atom. The summed E-state index contributed by atoms with van der Waals surface area (Å²) in [7, 11) is -1.70. The topological polar surface area (TPSA) is 87.0 Å². The van der Waals surface area contributed by atoms with Crippen LogP contribution in [0.25, 0.3) is 11.4 Å². The number of aromatic nitrogens is 4. The molecule has 0 N–H and O–H groups in total. The standard InChI is InChI=1S/C12H15BrN4O3S/c1-8-9(13)4-5-10(14-8)12-11(17(2)16-15-12)6-7-20-21(3,18)19/h4-5H,6-7H2,1-3H3. The third kappa shape index (κ3) is 4.08. The highest BCUT2D eigenvalue weighted by atomic mass is 79.9. The molecule has 9 heteroatoms. The maximum Gasteiger partial charge on any atom is 0.264 e. The number of rotatable bonds is 5. The highest BCUT2D eigenvalue weighted by Gasteiger charge is 2.15. The number of hydrogen-bond donors (Lipinski definition) is 0. The summed E-state index contributed by atoms with van der Waals surface area (Å²) >= 11 is 3.40. The summed E-state index contributed by atoms with van der Waals surface area (Å²) in [5, 5.41) is 8.07. The summed E-state index contributed by atoms with van der Waals surface area (Å²) in [6.07, 6.45) is 1.40. The second-order valence-electron chi connectivity index (χ2n) is 4.55. The van der Waals surface area contributed by atoms with Gasteiger partial charge in [0.05, 0.1) is 29.9 Å². The van der Waals surface area contributed by atoms with Crippen molar-refractivity contribution in [2.45, 2.75) is 13.3 Å². The SMILES string of the molecule is Cc1nc(-c2nnn(C)c2CCOS(C)(=O)=O)ccc1Br. The van der Waals surface area contributed by atoms with Gasteiger partial charge in [0.2, 0.25) is 0 Å². The van der Waals surface area contributed by atoms with E-state index in [1.165, 1.54) is 0 Å². The third-order valence-corrected chi connectivity index (χ3v) is 4.28. The Balaban J connectivity index is 2.27. The summed E-state index contributed by atoms with van der Waals surface area (Å²) in [6, 6.07) is 3.73. The molecule has 0 aliphatic carbocycles. The van der Waals surface area contributed by atoms with Crippen LogP contribution in [0.1, 0.15) is 11.4 Å². The van der Waals surface area contributed by atoms with Crippen LogP contribution in [0.4, 0.5) is 0 Å². The van der Waals surface area contributed by atoms with Crippen LogP contribution in [0.15, 0.2) is 16.6 Å². The molecule has 0 fully saturated rings. The number of nitrogens with zero attached hydrogens (tertiary/aromatic N) is 4.